The Kier molecular flexibility index (Phi) is 3.86. The molecule has 0 heterocycles. The third-order valence-electron chi connectivity index (χ3n) is 1.69. The molecule has 1 aromatic rings. The maximum absolute atomic E-state index is 10.8. The van der Waals surface area contributed by atoms with Gasteiger partial charge in [0.2, 0.25) is 0 Å². The van der Waals surface area contributed by atoms with Gasteiger partial charge >= 0.3 is 6.09 Å². The lowest BCUT2D eigenvalue weighted by atomic mass is 10.2. The van der Waals surface area contributed by atoms with E-state index in [9.17, 15) is 14.9 Å². The molecule has 1 rings (SSSR count). The number of hydrogen-bond acceptors (Lipinski definition) is 4. The summed E-state index contributed by atoms with van der Waals surface area (Å²) in [4.78, 5) is 20.7. The highest BCUT2D eigenvalue weighted by Crippen LogP contribution is 2.12. The minimum atomic E-state index is -0.735. The standard InChI is InChI=1S/C10H8N2O4/c1-2-11-10(13)16-7-8-3-5-9(6-4-8)12(14)15/h1,3-6H,7H2,(H,11,13). The molecule has 0 unspecified atom stereocenters. The van der Waals surface area contributed by atoms with Gasteiger partial charge in [0.05, 0.1) is 4.92 Å². The molecule has 0 aliphatic carbocycles. The Morgan fingerprint density at radius 3 is 2.62 bits per heavy atom. The fraction of sp³-hybridized carbons (Fsp3) is 0.100. The lowest BCUT2D eigenvalue weighted by molar-refractivity contribution is -0.384. The van der Waals surface area contributed by atoms with Crippen molar-refractivity contribution < 1.29 is 14.5 Å². The molecule has 1 N–H and O–H groups in total. The average Bonchev–Trinajstić information content (AvgIpc) is 2.27. The quantitative estimate of drug-likeness (QED) is 0.361. The largest absolute Gasteiger partial charge is 0.444 e. The van der Waals surface area contributed by atoms with Crippen molar-refractivity contribution in [3.63, 3.8) is 0 Å². The summed E-state index contributed by atoms with van der Waals surface area (Å²) >= 11 is 0. The minimum Gasteiger partial charge on any atom is -0.444 e. The van der Waals surface area contributed by atoms with Gasteiger partial charge < -0.3 is 4.74 Å². The molecule has 82 valence electrons. The number of benzene rings is 1. The van der Waals surface area contributed by atoms with E-state index in [1.54, 1.807) is 0 Å². The fourth-order valence-electron chi connectivity index (χ4n) is 0.958. The predicted molar refractivity (Wildman–Crippen MR) is 55.3 cm³/mol. The average molecular weight is 220 g/mol. The smallest absolute Gasteiger partial charge is 0.419 e. The van der Waals surface area contributed by atoms with Gasteiger partial charge in [0, 0.05) is 18.2 Å². The van der Waals surface area contributed by atoms with Gasteiger partial charge in [-0.15, -0.1) is 0 Å². The van der Waals surface area contributed by atoms with Gasteiger partial charge in [-0.2, -0.15) is 0 Å². The number of ether oxygens (including phenoxy) is 1. The van der Waals surface area contributed by atoms with Gasteiger partial charge in [0.1, 0.15) is 6.61 Å². The maximum Gasteiger partial charge on any atom is 0.419 e. The molecular formula is C10H8N2O4. The number of nitrogens with one attached hydrogen (secondary N) is 1. The highest BCUT2D eigenvalue weighted by molar-refractivity contribution is 5.69. The highest BCUT2D eigenvalue weighted by atomic mass is 16.6. The van der Waals surface area contributed by atoms with Gasteiger partial charge in [0.25, 0.3) is 5.69 Å². The van der Waals surface area contributed by atoms with Crippen molar-refractivity contribution in [2.24, 2.45) is 0 Å². The molecule has 1 amide bonds. The number of nitrogens with zero attached hydrogens (tertiary/aromatic N) is 1. The molecule has 6 heteroatoms. The Morgan fingerprint density at radius 2 is 2.12 bits per heavy atom. The Labute approximate surface area is 91.4 Å². The van der Waals surface area contributed by atoms with Gasteiger partial charge in [-0.05, 0) is 17.7 Å². The van der Waals surface area contributed by atoms with E-state index in [2.05, 4.69) is 0 Å². The van der Waals surface area contributed by atoms with E-state index in [4.69, 9.17) is 11.2 Å². The van der Waals surface area contributed by atoms with Crippen LogP contribution in [0.25, 0.3) is 0 Å². The molecule has 16 heavy (non-hydrogen) atoms. The summed E-state index contributed by atoms with van der Waals surface area (Å²) in [7, 11) is 0. The van der Waals surface area contributed by atoms with Crippen molar-refractivity contribution in [2.45, 2.75) is 6.61 Å². The first-order valence-electron chi connectivity index (χ1n) is 4.25. The van der Waals surface area contributed by atoms with Gasteiger partial charge in [-0.3, -0.25) is 10.1 Å². The van der Waals surface area contributed by atoms with Gasteiger partial charge in [-0.1, -0.05) is 6.42 Å². The first-order valence-corrected chi connectivity index (χ1v) is 4.25. The Morgan fingerprint density at radius 1 is 1.50 bits per heavy atom. The van der Waals surface area contributed by atoms with E-state index in [1.165, 1.54) is 24.3 Å². The number of amides is 1. The molecule has 0 spiro atoms. The van der Waals surface area contributed by atoms with Crippen LogP contribution in [-0.4, -0.2) is 11.0 Å². The summed E-state index contributed by atoms with van der Waals surface area (Å²) < 4.78 is 4.71. The molecule has 0 fully saturated rings. The minimum absolute atomic E-state index is 0.00546. The van der Waals surface area contributed by atoms with E-state index in [1.807, 2.05) is 11.4 Å². The molecule has 0 aliphatic heterocycles. The zero-order valence-corrected chi connectivity index (χ0v) is 8.17. The summed E-state index contributed by atoms with van der Waals surface area (Å²) in [5.41, 5.74) is 0.620. The van der Waals surface area contributed by atoms with Crippen molar-refractivity contribution in [1.29, 1.82) is 0 Å². The van der Waals surface area contributed by atoms with Crippen LogP contribution in [0.2, 0.25) is 0 Å². The van der Waals surface area contributed by atoms with E-state index < -0.39 is 11.0 Å². The van der Waals surface area contributed by atoms with Crippen LogP contribution in [0.3, 0.4) is 0 Å². The number of alkyl carbamates (subject to hydrolysis) is 1. The zero-order chi connectivity index (χ0) is 12.0. The Bertz CT molecular complexity index is 433. The lowest BCUT2D eigenvalue weighted by Gasteiger charge is -2.02. The Balaban J connectivity index is 2.53. The van der Waals surface area contributed by atoms with Crippen LogP contribution in [-0.2, 0) is 11.3 Å². The number of terminal acetylenes is 1. The van der Waals surface area contributed by atoms with Crippen LogP contribution in [0.5, 0.6) is 0 Å². The molecule has 0 radical (unpaired) electrons. The van der Waals surface area contributed by atoms with Crippen LogP contribution in [0.4, 0.5) is 10.5 Å². The number of nitro benzene ring substituents is 1. The van der Waals surface area contributed by atoms with E-state index >= 15 is 0 Å². The lowest BCUT2D eigenvalue weighted by Crippen LogP contribution is -2.18. The second-order valence-electron chi connectivity index (χ2n) is 2.77. The molecule has 6 nitrogen and oxygen atoms in total. The van der Waals surface area contributed by atoms with E-state index in [0.717, 1.165) is 0 Å². The van der Waals surface area contributed by atoms with Crippen molar-refractivity contribution in [3.8, 4) is 12.5 Å². The Hall–Kier alpha value is -2.55. The number of rotatable bonds is 3. The first kappa shape index (κ1) is 11.5. The van der Waals surface area contributed by atoms with E-state index in [-0.39, 0.29) is 12.3 Å². The number of carbonyl (C=O) groups excluding carboxylic acids is 1. The van der Waals surface area contributed by atoms with Crippen molar-refractivity contribution >= 4 is 11.8 Å². The molecule has 0 saturated heterocycles. The zero-order valence-electron chi connectivity index (χ0n) is 8.17. The number of nitro groups is 1. The SMILES string of the molecule is C#CNC(=O)OCc1ccc([N+](=O)[O-])cc1. The number of non-ortho nitro benzene ring substituents is 1. The van der Waals surface area contributed by atoms with E-state index in [0.29, 0.717) is 5.56 Å². The number of carbonyl (C=O) groups is 1. The van der Waals surface area contributed by atoms with Crippen LogP contribution < -0.4 is 5.32 Å². The first-order chi connectivity index (χ1) is 7.63. The topological polar surface area (TPSA) is 81.5 Å². The monoisotopic (exact) mass is 220 g/mol. The van der Waals surface area contributed by atoms with Crippen molar-refractivity contribution in [1.82, 2.24) is 5.32 Å². The van der Waals surface area contributed by atoms with Crippen LogP contribution in [0, 0.1) is 22.6 Å². The van der Waals surface area contributed by atoms with Crippen LogP contribution >= 0.6 is 0 Å². The van der Waals surface area contributed by atoms with Gasteiger partial charge in [-0.25, -0.2) is 10.1 Å². The predicted octanol–water partition coefficient (Wildman–Crippen LogP) is 1.41. The molecule has 0 saturated carbocycles. The fourth-order valence-corrected chi connectivity index (χ4v) is 0.958. The van der Waals surface area contributed by atoms with Crippen LogP contribution in [0.1, 0.15) is 5.56 Å². The molecule has 0 aromatic heterocycles. The van der Waals surface area contributed by atoms with Crippen LogP contribution in [0.15, 0.2) is 24.3 Å². The summed E-state index contributed by atoms with van der Waals surface area (Å²) in [6.07, 6.45) is 4.08. The summed E-state index contributed by atoms with van der Waals surface area (Å²) in [5.74, 6) is 0. The molecule has 1 aromatic carbocycles. The summed E-state index contributed by atoms with van der Waals surface area (Å²) in [6.45, 7) is 0.00546. The molecular weight excluding hydrogens is 212 g/mol. The van der Waals surface area contributed by atoms with Gasteiger partial charge in [0.15, 0.2) is 0 Å². The second-order valence-corrected chi connectivity index (χ2v) is 2.77. The van der Waals surface area contributed by atoms with Crippen molar-refractivity contribution in [2.75, 3.05) is 0 Å². The molecule has 0 aliphatic rings. The summed E-state index contributed by atoms with van der Waals surface area (Å²) in [6, 6.07) is 7.58. The van der Waals surface area contributed by atoms with Crippen molar-refractivity contribution in [3.05, 3.63) is 39.9 Å². The number of hydrogen-bond donors (Lipinski definition) is 1. The highest BCUT2D eigenvalue weighted by Gasteiger charge is 2.05. The second kappa shape index (κ2) is 5.36. The third-order valence-corrected chi connectivity index (χ3v) is 1.69. The molecule has 0 atom stereocenters. The molecule has 0 bridgehead atoms. The normalized spacial score (nSPS) is 8.94. The summed E-state index contributed by atoms with van der Waals surface area (Å²) in [5, 5.41) is 12.4. The maximum atomic E-state index is 10.8. The third kappa shape index (κ3) is 3.31.